The van der Waals surface area contributed by atoms with Gasteiger partial charge < -0.3 is 14.2 Å². The van der Waals surface area contributed by atoms with Gasteiger partial charge in [-0.25, -0.2) is 10.2 Å². The standard InChI is InChI=1S/C29H23BrN2O5/c1-35-25-12-9-22(10-13-25)29(34)37-27-16-11-24(30)17-23(27)18-31-32-28(33)19-36-26-14-7-21(8-15-26)20-5-3-2-4-6-20/h2-18H,19H2,1H3,(H,32,33). The van der Waals surface area contributed by atoms with E-state index < -0.39 is 11.9 Å². The van der Waals surface area contributed by atoms with Crippen molar-refractivity contribution in [1.82, 2.24) is 5.43 Å². The number of hydrogen-bond donors (Lipinski definition) is 1. The third-order valence-corrected chi connectivity index (χ3v) is 5.72. The van der Waals surface area contributed by atoms with Gasteiger partial charge in [-0.05, 0) is 65.7 Å². The Balaban J connectivity index is 1.32. The molecule has 0 aromatic heterocycles. The normalized spacial score (nSPS) is 10.6. The molecule has 0 fully saturated rings. The number of halogens is 1. The van der Waals surface area contributed by atoms with Gasteiger partial charge in [-0.3, -0.25) is 4.79 Å². The smallest absolute Gasteiger partial charge is 0.343 e. The number of hydrogen-bond acceptors (Lipinski definition) is 6. The average molecular weight is 559 g/mol. The molecular formula is C29H23BrN2O5. The van der Waals surface area contributed by atoms with Gasteiger partial charge in [0.1, 0.15) is 17.2 Å². The predicted octanol–water partition coefficient (Wildman–Crippen LogP) is 5.87. The van der Waals surface area contributed by atoms with Crippen LogP contribution in [-0.2, 0) is 4.79 Å². The van der Waals surface area contributed by atoms with E-state index in [9.17, 15) is 9.59 Å². The lowest BCUT2D eigenvalue weighted by Crippen LogP contribution is -2.24. The van der Waals surface area contributed by atoms with Crippen LogP contribution in [0.3, 0.4) is 0 Å². The molecule has 7 nitrogen and oxygen atoms in total. The van der Waals surface area contributed by atoms with Gasteiger partial charge in [0, 0.05) is 10.0 Å². The van der Waals surface area contributed by atoms with Crippen molar-refractivity contribution >= 4 is 34.0 Å². The molecule has 1 N–H and O–H groups in total. The van der Waals surface area contributed by atoms with Crippen molar-refractivity contribution in [3.8, 4) is 28.4 Å². The number of hydrazone groups is 1. The third-order valence-electron chi connectivity index (χ3n) is 5.22. The molecule has 4 aromatic rings. The fourth-order valence-electron chi connectivity index (χ4n) is 3.33. The van der Waals surface area contributed by atoms with Gasteiger partial charge in [0.25, 0.3) is 5.91 Å². The molecule has 0 aliphatic carbocycles. The Morgan fingerprint density at radius 3 is 2.24 bits per heavy atom. The molecule has 37 heavy (non-hydrogen) atoms. The largest absolute Gasteiger partial charge is 0.497 e. The number of ether oxygens (including phenoxy) is 3. The Morgan fingerprint density at radius 2 is 1.54 bits per heavy atom. The average Bonchev–Trinajstić information content (AvgIpc) is 2.94. The molecule has 4 rings (SSSR count). The van der Waals surface area contributed by atoms with Crippen LogP contribution in [0.25, 0.3) is 11.1 Å². The van der Waals surface area contributed by atoms with Crippen molar-refractivity contribution in [1.29, 1.82) is 0 Å². The summed E-state index contributed by atoms with van der Waals surface area (Å²) >= 11 is 3.39. The zero-order valence-electron chi connectivity index (χ0n) is 19.9. The molecule has 0 aliphatic rings. The first-order chi connectivity index (χ1) is 18.0. The second-order valence-electron chi connectivity index (χ2n) is 7.77. The first-order valence-corrected chi connectivity index (χ1v) is 12.1. The molecule has 186 valence electrons. The molecule has 0 spiro atoms. The van der Waals surface area contributed by atoms with Crippen molar-refractivity contribution < 1.29 is 23.8 Å². The summed E-state index contributed by atoms with van der Waals surface area (Å²) in [5.41, 5.74) is 5.44. The van der Waals surface area contributed by atoms with Crippen LogP contribution in [0.2, 0.25) is 0 Å². The van der Waals surface area contributed by atoms with Crippen LogP contribution in [0, 0.1) is 0 Å². The summed E-state index contributed by atoms with van der Waals surface area (Å²) in [4.78, 5) is 24.8. The van der Waals surface area contributed by atoms with E-state index in [4.69, 9.17) is 14.2 Å². The van der Waals surface area contributed by atoms with Crippen LogP contribution in [0.5, 0.6) is 17.2 Å². The lowest BCUT2D eigenvalue weighted by molar-refractivity contribution is -0.123. The minimum Gasteiger partial charge on any atom is -0.497 e. The summed E-state index contributed by atoms with van der Waals surface area (Å²) in [6.45, 7) is -0.209. The maximum Gasteiger partial charge on any atom is 0.343 e. The van der Waals surface area contributed by atoms with Gasteiger partial charge in [-0.15, -0.1) is 0 Å². The number of nitrogens with one attached hydrogen (secondary N) is 1. The molecule has 0 unspecified atom stereocenters. The first kappa shape index (κ1) is 25.7. The molecule has 0 saturated heterocycles. The van der Waals surface area contributed by atoms with E-state index in [0.29, 0.717) is 22.6 Å². The maximum absolute atomic E-state index is 12.5. The van der Waals surface area contributed by atoms with Gasteiger partial charge in [-0.2, -0.15) is 5.10 Å². The van der Waals surface area contributed by atoms with Crippen molar-refractivity contribution in [2.24, 2.45) is 5.10 Å². The van der Waals surface area contributed by atoms with Gasteiger partial charge in [0.05, 0.1) is 18.9 Å². The summed E-state index contributed by atoms with van der Waals surface area (Å²) in [6, 6.07) is 29.1. The number of esters is 1. The Hall–Kier alpha value is -4.43. The number of amides is 1. The van der Waals surface area contributed by atoms with E-state index in [1.54, 1.807) is 49.6 Å². The number of methoxy groups -OCH3 is 1. The number of carbonyl (C=O) groups is 2. The number of benzene rings is 4. The quantitative estimate of drug-likeness (QED) is 0.120. The van der Waals surface area contributed by atoms with Crippen LogP contribution < -0.4 is 19.6 Å². The van der Waals surface area contributed by atoms with Crippen molar-refractivity contribution in [3.63, 3.8) is 0 Å². The van der Waals surface area contributed by atoms with E-state index >= 15 is 0 Å². The molecule has 0 saturated carbocycles. The minimum absolute atomic E-state index is 0.209. The number of nitrogens with zero attached hydrogens (tertiary/aromatic N) is 1. The minimum atomic E-state index is -0.532. The molecule has 0 bridgehead atoms. The maximum atomic E-state index is 12.5. The Morgan fingerprint density at radius 1 is 0.865 bits per heavy atom. The molecule has 0 heterocycles. The van der Waals surface area contributed by atoms with Crippen molar-refractivity contribution in [2.45, 2.75) is 0 Å². The second kappa shape index (κ2) is 12.5. The zero-order valence-corrected chi connectivity index (χ0v) is 21.5. The molecular weight excluding hydrogens is 536 g/mol. The summed E-state index contributed by atoms with van der Waals surface area (Å²) in [5.74, 6) is 0.526. The highest BCUT2D eigenvalue weighted by atomic mass is 79.9. The lowest BCUT2D eigenvalue weighted by Gasteiger charge is -2.09. The molecule has 4 aromatic carbocycles. The van der Waals surface area contributed by atoms with E-state index in [2.05, 4.69) is 26.5 Å². The van der Waals surface area contributed by atoms with Gasteiger partial charge in [-0.1, -0.05) is 58.4 Å². The molecule has 0 aliphatic heterocycles. The summed E-state index contributed by atoms with van der Waals surface area (Å²) in [7, 11) is 1.55. The predicted molar refractivity (Wildman–Crippen MR) is 145 cm³/mol. The number of rotatable bonds is 9. The topological polar surface area (TPSA) is 86.2 Å². The van der Waals surface area contributed by atoms with Crippen molar-refractivity contribution in [2.75, 3.05) is 13.7 Å². The SMILES string of the molecule is COc1ccc(C(=O)Oc2ccc(Br)cc2C=NNC(=O)COc2ccc(-c3ccccc3)cc2)cc1. The monoisotopic (exact) mass is 558 g/mol. The highest BCUT2D eigenvalue weighted by Crippen LogP contribution is 2.24. The second-order valence-corrected chi connectivity index (χ2v) is 8.69. The zero-order chi connectivity index (χ0) is 26.0. The summed E-state index contributed by atoms with van der Waals surface area (Å²) in [5, 5.41) is 3.98. The van der Waals surface area contributed by atoms with Crippen LogP contribution in [0.4, 0.5) is 0 Å². The van der Waals surface area contributed by atoms with E-state index in [-0.39, 0.29) is 12.4 Å². The summed E-state index contributed by atoms with van der Waals surface area (Å²) < 4.78 is 17.0. The van der Waals surface area contributed by atoms with Crippen molar-refractivity contribution in [3.05, 3.63) is 113 Å². The van der Waals surface area contributed by atoms with E-state index in [0.717, 1.165) is 15.6 Å². The molecule has 0 atom stereocenters. The first-order valence-electron chi connectivity index (χ1n) is 11.3. The fraction of sp³-hybridized carbons (Fsp3) is 0.0690. The van der Waals surface area contributed by atoms with E-state index in [1.807, 2.05) is 54.6 Å². The van der Waals surface area contributed by atoms with Crippen LogP contribution in [0.15, 0.2) is 107 Å². The van der Waals surface area contributed by atoms with Crippen LogP contribution in [-0.4, -0.2) is 31.8 Å². The Bertz CT molecular complexity index is 1390. The highest BCUT2D eigenvalue weighted by Gasteiger charge is 2.12. The van der Waals surface area contributed by atoms with E-state index in [1.165, 1.54) is 6.21 Å². The number of carbonyl (C=O) groups excluding carboxylic acids is 2. The molecule has 1 amide bonds. The van der Waals surface area contributed by atoms with Crippen LogP contribution in [0.1, 0.15) is 15.9 Å². The molecule has 8 heteroatoms. The van der Waals surface area contributed by atoms with Gasteiger partial charge in [0.15, 0.2) is 6.61 Å². The highest BCUT2D eigenvalue weighted by molar-refractivity contribution is 9.10. The lowest BCUT2D eigenvalue weighted by atomic mass is 10.1. The summed E-state index contributed by atoms with van der Waals surface area (Å²) in [6.07, 6.45) is 1.40. The third kappa shape index (κ3) is 7.28. The molecule has 0 radical (unpaired) electrons. The van der Waals surface area contributed by atoms with Gasteiger partial charge in [0.2, 0.25) is 0 Å². The Kier molecular flexibility index (Phi) is 8.67. The van der Waals surface area contributed by atoms with Gasteiger partial charge >= 0.3 is 5.97 Å². The Labute approximate surface area is 222 Å². The van der Waals surface area contributed by atoms with Crippen LogP contribution >= 0.6 is 15.9 Å². The fourth-order valence-corrected chi connectivity index (χ4v) is 3.71.